The van der Waals surface area contributed by atoms with Crippen molar-refractivity contribution in [3.8, 4) is 22.8 Å². The highest BCUT2D eigenvalue weighted by molar-refractivity contribution is 7.15. The predicted molar refractivity (Wildman–Crippen MR) is 101 cm³/mol. The van der Waals surface area contributed by atoms with E-state index in [9.17, 15) is 15.0 Å². The molecule has 0 unspecified atom stereocenters. The van der Waals surface area contributed by atoms with Gasteiger partial charge in [0.05, 0.1) is 12.8 Å². The minimum atomic E-state index is -1.03. The number of carbonyl (C=O) groups is 1. The number of ether oxygens (including phenoxy) is 1. The minimum absolute atomic E-state index is 0.0549. The third kappa shape index (κ3) is 3.71. The van der Waals surface area contributed by atoms with Crippen LogP contribution in [0.4, 0.5) is 0 Å². The Bertz CT molecular complexity index is 983. The third-order valence-electron chi connectivity index (χ3n) is 3.56. The lowest BCUT2D eigenvalue weighted by molar-refractivity contribution is -0.269. The maximum Gasteiger partial charge on any atom is 0.348 e. The number of halogens is 1. The molecule has 0 spiro atoms. The molecule has 0 bridgehead atoms. The number of thiazole rings is 1. The summed E-state index contributed by atoms with van der Waals surface area (Å²) in [5, 5.41) is 21.8. The van der Waals surface area contributed by atoms with Crippen LogP contribution in [0.1, 0.15) is 20.2 Å². The normalized spacial score (nSPS) is 11.0. The van der Waals surface area contributed by atoms with Gasteiger partial charge in [-0.05, 0) is 29.5 Å². The number of hydrogen-bond acceptors (Lipinski definition) is 5. The second kappa shape index (κ2) is 7.59. The Morgan fingerprint density at radius 2 is 2.00 bits per heavy atom. The van der Waals surface area contributed by atoms with Crippen LogP contribution in [0.5, 0.6) is 11.5 Å². The summed E-state index contributed by atoms with van der Waals surface area (Å²) >= 11 is 6.99. The van der Waals surface area contributed by atoms with Gasteiger partial charge in [0.25, 0.3) is 0 Å². The van der Waals surface area contributed by atoms with Crippen LogP contribution in [0.25, 0.3) is 23.4 Å². The van der Waals surface area contributed by atoms with E-state index in [2.05, 4.69) is 4.98 Å². The van der Waals surface area contributed by atoms with E-state index in [1.807, 2.05) is 30.3 Å². The number of hydrogen-bond donors (Lipinski definition) is 1. The Kier molecular flexibility index (Phi) is 5.25. The van der Waals surface area contributed by atoms with E-state index in [-0.39, 0.29) is 21.4 Å². The average Bonchev–Trinajstić information content (AvgIpc) is 3.08. The van der Waals surface area contributed by atoms with Gasteiger partial charge in [-0.3, -0.25) is 0 Å². The van der Waals surface area contributed by atoms with Crippen molar-refractivity contribution in [2.75, 3.05) is 7.11 Å². The summed E-state index contributed by atoms with van der Waals surface area (Å²) in [6, 6.07) is 12.2. The molecule has 132 valence electrons. The first-order valence-electron chi connectivity index (χ1n) is 7.51. The van der Waals surface area contributed by atoms with Crippen molar-refractivity contribution >= 4 is 41.1 Å². The zero-order chi connectivity index (χ0) is 18.7. The largest absolute Gasteiger partial charge is 0.869 e. The Balaban J connectivity index is 1.97. The molecule has 0 aliphatic carbocycles. The molecule has 0 radical (unpaired) electrons. The van der Waals surface area contributed by atoms with Gasteiger partial charge in [-0.25, -0.2) is 9.78 Å². The Morgan fingerprint density at radius 3 is 2.65 bits per heavy atom. The number of carboxylic acids is 1. The number of nitrogens with zero attached hydrogens (tertiary/aromatic N) is 1. The van der Waals surface area contributed by atoms with Crippen molar-refractivity contribution in [1.29, 1.82) is 0 Å². The van der Waals surface area contributed by atoms with Gasteiger partial charge in [0.15, 0.2) is 0 Å². The number of aromatic carboxylic acids is 1. The molecule has 0 saturated carbocycles. The molecule has 3 aromatic rings. The molecule has 0 aliphatic rings. The molecule has 1 aromatic heterocycles. The Labute approximate surface area is 158 Å². The maximum absolute atomic E-state index is 11.7. The summed E-state index contributed by atoms with van der Waals surface area (Å²) in [6.45, 7) is 0. The van der Waals surface area contributed by atoms with Crippen LogP contribution in [-0.2, 0) is 0 Å². The highest BCUT2D eigenvalue weighted by Crippen LogP contribution is 2.34. The van der Waals surface area contributed by atoms with Crippen LogP contribution < -0.4 is 9.84 Å². The standard InChI is InChI=1S/C19H14ClNO4S/c1-25-14-10-11(9-13(20)17(14)22)7-8-15-21-16(18(26-15)19(23)24)12-5-3-2-4-6-12/h2-10,22H,1H3,(H,23,24)/p-1/b8-7+. The van der Waals surface area contributed by atoms with Gasteiger partial charge < -0.3 is 14.9 Å². The predicted octanol–water partition coefficient (Wildman–Crippen LogP) is 4.41. The van der Waals surface area contributed by atoms with Gasteiger partial charge in [0, 0.05) is 10.6 Å². The first-order chi connectivity index (χ1) is 12.5. The first kappa shape index (κ1) is 18.0. The average molecular weight is 387 g/mol. The van der Waals surface area contributed by atoms with Gasteiger partial charge >= 0.3 is 5.97 Å². The molecule has 0 saturated heterocycles. The fourth-order valence-corrected chi connectivity index (χ4v) is 3.40. The maximum atomic E-state index is 11.7. The third-order valence-corrected chi connectivity index (χ3v) is 4.84. The zero-order valence-electron chi connectivity index (χ0n) is 13.6. The number of benzene rings is 2. The van der Waals surface area contributed by atoms with Gasteiger partial charge in [0.1, 0.15) is 15.6 Å². The van der Waals surface area contributed by atoms with Crippen LogP contribution in [-0.4, -0.2) is 23.2 Å². The van der Waals surface area contributed by atoms with E-state index < -0.39 is 5.97 Å². The summed E-state index contributed by atoms with van der Waals surface area (Å²) in [5.41, 5.74) is 1.81. The van der Waals surface area contributed by atoms with Crippen LogP contribution >= 0.6 is 22.9 Å². The SMILES string of the molecule is COc1cc(/C=C/c2nc(-c3ccccc3)c(C(=O)O)s2)cc(Cl)c1[O-]. The summed E-state index contributed by atoms with van der Waals surface area (Å²) in [6.07, 6.45) is 3.38. The second-order valence-corrected chi connectivity index (χ2v) is 6.71. The van der Waals surface area contributed by atoms with E-state index in [1.54, 1.807) is 18.2 Å². The van der Waals surface area contributed by atoms with Crippen molar-refractivity contribution in [2.24, 2.45) is 0 Å². The summed E-state index contributed by atoms with van der Waals surface area (Å²) in [7, 11) is 1.40. The Morgan fingerprint density at radius 1 is 1.27 bits per heavy atom. The van der Waals surface area contributed by atoms with Crippen molar-refractivity contribution in [3.63, 3.8) is 0 Å². The van der Waals surface area contributed by atoms with Crippen LogP contribution in [0, 0.1) is 0 Å². The summed E-state index contributed by atoms with van der Waals surface area (Å²) < 4.78 is 5.01. The van der Waals surface area contributed by atoms with Crippen molar-refractivity contribution < 1.29 is 19.7 Å². The second-order valence-electron chi connectivity index (χ2n) is 5.27. The molecule has 0 aliphatic heterocycles. The van der Waals surface area contributed by atoms with Crippen LogP contribution in [0.15, 0.2) is 42.5 Å². The molecular weight excluding hydrogens is 374 g/mol. The number of rotatable bonds is 5. The molecule has 1 N–H and O–H groups in total. The summed E-state index contributed by atoms with van der Waals surface area (Å²) in [4.78, 5) is 16.1. The van der Waals surface area contributed by atoms with Gasteiger partial charge in [-0.15, -0.1) is 11.3 Å². The molecule has 0 amide bonds. The van der Waals surface area contributed by atoms with Crippen LogP contribution in [0.2, 0.25) is 5.02 Å². The van der Waals surface area contributed by atoms with Crippen LogP contribution in [0.3, 0.4) is 0 Å². The topological polar surface area (TPSA) is 82.5 Å². The molecular formula is C19H13ClNO4S-. The molecule has 7 heteroatoms. The molecule has 5 nitrogen and oxygen atoms in total. The molecule has 26 heavy (non-hydrogen) atoms. The quantitative estimate of drug-likeness (QED) is 0.702. The minimum Gasteiger partial charge on any atom is -0.869 e. The van der Waals surface area contributed by atoms with Crippen molar-refractivity contribution in [3.05, 3.63) is 62.9 Å². The van der Waals surface area contributed by atoms with Crippen molar-refractivity contribution in [2.45, 2.75) is 0 Å². The van der Waals surface area contributed by atoms with Crippen molar-refractivity contribution in [1.82, 2.24) is 4.98 Å². The van der Waals surface area contributed by atoms with E-state index >= 15 is 0 Å². The Hall–Kier alpha value is -2.83. The molecule has 3 rings (SSSR count). The highest BCUT2D eigenvalue weighted by atomic mass is 35.5. The number of aromatic nitrogens is 1. The van der Waals surface area contributed by atoms with Gasteiger partial charge in [0.2, 0.25) is 0 Å². The molecule has 1 heterocycles. The van der Waals surface area contributed by atoms with E-state index in [0.29, 0.717) is 16.3 Å². The number of carboxylic acid groups (broad SMARTS) is 1. The lowest BCUT2D eigenvalue weighted by Gasteiger charge is -2.14. The van der Waals surface area contributed by atoms with Gasteiger partial charge in [-0.2, -0.15) is 0 Å². The van der Waals surface area contributed by atoms with Gasteiger partial charge in [-0.1, -0.05) is 48.0 Å². The first-order valence-corrected chi connectivity index (χ1v) is 8.71. The van der Waals surface area contributed by atoms with E-state index in [0.717, 1.165) is 16.9 Å². The monoisotopic (exact) mass is 386 g/mol. The lowest BCUT2D eigenvalue weighted by Crippen LogP contribution is -1.96. The zero-order valence-corrected chi connectivity index (χ0v) is 15.2. The molecule has 0 fully saturated rings. The fraction of sp³-hybridized carbons (Fsp3) is 0.0526. The smallest absolute Gasteiger partial charge is 0.348 e. The molecule has 2 aromatic carbocycles. The van der Waals surface area contributed by atoms with E-state index in [1.165, 1.54) is 13.2 Å². The summed E-state index contributed by atoms with van der Waals surface area (Å²) in [5.74, 6) is -1.26. The number of methoxy groups -OCH3 is 1. The fourth-order valence-electron chi connectivity index (χ4n) is 2.35. The highest BCUT2D eigenvalue weighted by Gasteiger charge is 2.17. The molecule has 0 atom stereocenters. The van der Waals surface area contributed by atoms with E-state index in [4.69, 9.17) is 16.3 Å². The lowest BCUT2D eigenvalue weighted by atomic mass is 10.1.